The summed E-state index contributed by atoms with van der Waals surface area (Å²) in [5.41, 5.74) is 0. The van der Waals surface area contributed by atoms with Gasteiger partial charge in [0.05, 0.1) is 0 Å². The van der Waals surface area contributed by atoms with Crippen LogP contribution in [0.2, 0.25) is 0 Å². The van der Waals surface area contributed by atoms with E-state index in [1.165, 1.54) is 0 Å². The summed E-state index contributed by atoms with van der Waals surface area (Å²) >= 11 is 0. The second-order valence-corrected chi connectivity index (χ2v) is 4.47. The van der Waals surface area contributed by atoms with Crippen molar-refractivity contribution in [3.05, 3.63) is 18.3 Å². The molecule has 82 valence electrons. The number of ether oxygens (including phenoxy) is 2. The number of rotatable bonds is 2. The molecule has 2 heterocycles. The Balaban J connectivity index is 2.15. The van der Waals surface area contributed by atoms with Gasteiger partial charge >= 0.3 is 5.88 Å². The average Bonchev–Trinajstić information content (AvgIpc) is 2.18. The third-order valence-electron chi connectivity index (χ3n) is 2.53. The molecule has 0 spiro atoms. The maximum absolute atomic E-state index is 5.91. The van der Waals surface area contributed by atoms with Crippen LogP contribution in [0.4, 0.5) is 0 Å². The molecule has 0 aromatic carbocycles. The summed E-state index contributed by atoms with van der Waals surface area (Å²) in [4.78, 5) is 0. The van der Waals surface area contributed by atoms with Crippen LogP contribution in [0.25, 0.3) is 0 Å². The number of fused-ring (bicyclic) bond motifs is 1. The van der Waals surface area contributed by atoms with E-state index >= 15 is 0 Å². The van der Waals surface area contributed by atoms with Crippen molar-refractivity contribution in [1.82, 2.24) is 0 Å². The van der Waals surface area contributed by atoms with Gasteiger partial charge in [-0.2, -0.15) is 4.57 Å². The SMILES string of the molecule is CC(C)CC1COc2ccc[n+](C)c2O1. The fourth-order valence-electron chi connectivity index (χ4n) is 1.84. The molecule has 2 rings (SSSR count). The molecule has 0 fully saturated rings. The minimum Gasteiger partial charge on any atom is -0.481 e. The zero-order valence-corrected chi connectivity index (χ0v) is 9.56. The van der Waals surface area contributed by atoms with Crippen molar-refractivity contribution >= 4 is 0 Å². The Morgan fingerprint density at radius 2 is 2.33 bits per heavy atom. The second-order valence-electron chi connectivity index (χ2n) is 4.47. The lowest BCUT2D eigenvalue weighted by atomic mass is 10.1. The molecule has 1 aliphatic rings. The van der Waals surface area contributed by atoms with Gasteiger partial charge < -0.3 is 9.47 Å². The molecule has 0 radical (unpaired) electrons. The first-order valence-corrected chi connectivity index (χ1v) is 5.45. The van der Waals surface area contributed by atoms with E-state index < -0.39 is 0 Å². The van der Waals surface area contributed by atoms with E-state index in [2.05, 4.69) is 13.8 Å². The highest BCUT2D eigenvalue weighted by molar-refractivity contribution is 5.30. The molecule has 1 atom stereocenters. The molecule has 0 saturated carbocycles. The molecule has 1 unspecified atom stereocenters. The van der Waals surface area contributed by atoms with E-state index in [1.807, 2.05) is 29.9 Å². The van der Waals surface area contributed by atoms with Gasteiger partial charge in [0.15, 0.2) is 6.20 Å². The maximum atomic E-state index is 5.91. The van der Waals surface area contributed by atoms with Crippen molar-refractivity contribution < 1.29 is 14.0 Å². The van der Waals surface area contributed by atoms with Gasteiger partial charge in [-0.25, -0.2) is 0 Å². The first kappa shape index (κ1) is 10.3. The van der Waals surface area contributed by atoms with Crippen molar-refractivity contribution in [2.24, 2.45) is 13.0 Å². The molecule has 0 aliphatic carbocycles. The molecule has 0 amide bonds. The number of hydrogen-bond acceptors (Lipinski definition) is 2. The molecule has 3 nitrogen and oxygen atoms in total. The van der Waals surface area contributed by atoms with Crippen LogP contribution >= 0.6 is 0 Å². The summed E-state index contributed by atoms with van der Waals surface area (Å²) in [5.74, 6) is 2.32. The zero-order valence-electron chi connectivity index (χ0n) is 9.56. The van der Waals surface area contributed by atoms with Crippen LogP contribution in [0.5, 0.6) is 11.6 Å². The molecule has 15 heavy (non-hydrogen) atoms. The van der Waals surface area contributed by atoms with E-state index in [-0.39, 0.29) is 6.10 Å². The van der Waals surface area contributed by atoms with Crippen LogP contribution in [0.3, 0.4) is 0 Å². The van der Waals surface area contributed by atoms with E-state index in [0.29, 0.717) is 12.5 Å². The minimum atomic E-state index is 0.186. The van der Waals surface area contributed by atoms with Crippen molar-refractivity contribution in [2.45, 2.75) is 26.4 Å². The van der Waals surface area contributed by atoms with E-state index in [4.69, 9.17) is 9.47 Å². The molecule has 1 aromatic rings. The molecule has 1 aliphatic heterocycles. The minimum absolute atomic E-state index is 0.186. The number of hydrogen-bond donors (Lipinski definition) is 0. The molecular formula is C12H18NO2+. The number of aromatic nitrogens is 1. The van der Waals surface area contributed by atoms with Gasteiger partial charge in [-0.05, 0) is 18.4 Å². The van der Waals surface area contributed by atoms with Gasteiger partial charge in [-0.1, -0.05) is 13.8 Å². The Bertz CT molecular complexity index is 349. The Morgan fingerprint density at radius 3 is 3.07 bits per heavy atom. The highest BCUT2D eigenvalue weighted by Gasteiger charge is 2.27. The summed E-state index contributed by atoms with van der Waals surface area (Å²) in [7, 11) is 1.97. The Labute approximate surface area is 90.6 Å². The molecule has 1 aromatic heterocycles. The topological polar surface area (TPSA) is 22.3 Å². The standard InChI is InChI=1S/C12H18NO2/c1-9(2)7-10-8-14-11-5-4-6-13(3)12(11)15-10/h4-6,9-10H,7-8H2,1-3H3/q+1. The molecular weight excluding hydrogens is 190 g/mol. The molecule has 0 bridgehead atoms. The lowest BCUT2D eigenvalue weighted by molar-refractivity contribution is -0.679. The Morgan fingerprint density at radius 1 is 1.53 bits per heavy atom. The number of nitrogens with zero attached hydrogens (tertiary/aromatic N) is 1. The van der Waals surface area contributed by atoms with E-state index in [1.54, 1.807) is 0 Å². The van der Waals surface area contributed by atoms with E-state index in [9.17, 15) is 0 Å². The van der Waals surface area contributed by atoms with Gasteiger partial charge in [0.2, 0.25) is 5.75 Å². The average molecular weight is 208 g/mol. The van der Waals surface area contributed by atoms with Crippen LogP contribution in [0, 0.1) is 5.92 Å². The zero-order chi connectivity index (χ0) is 10.8. The van der Waals surface area contributed by atoms with Crippen molar-refractivity contribution in [3.8, 4) is 11.6 Å². The second kappa shape index (κ2) is 4.09. The maximum Gasteiger partial charge on any atom is 0.411 e. The summed E-state index contributed by atoms with van der Waals surface area (Å²) in [6.45, 7) is 5.06. The Kier molecular flexibility index (Phi) is 2.80. The van der Waals surface area contributed by atoms with Gasteiger partial charge in [-0.15, -0.1) is 0 Å². The normalized spacial score (nSPS) is 19.3. The van der Waals surface area contributed by atoms with Gasteiger partial charge in [0.1, 0.15) is 19.8 Å². The Hall–Kier alpha value is -1.25. The van der Waals surface area contributed by atoms with Crippen LogP contribution in [0.1, 0.15) is 20.3 Å². The summed E-state index contributed by atoms with van der Waals surface area (Å²) in [6.07, 6.45) is 3.19. The smallest absolute Gasteiger partial charge is 0.411 e. The highest BCUT2D eigenvalue weighted by Crippen LogP contribution is 2.28. The molecule has 0 N–H and O–H groups in total. The van der Waals surface area contributed by atoms with Crippen LogP contribution in [-0.4, -0.2) is 12.7 Å². The summed E-state index contributed by atoms with van der Waals surface area (Å²) in [6, 6.07) is 3.91. The highest BCUT2D eigenvalue weighted by atomic mass is 16.6. The van der Waals surface area contributed by atoms with Crippen LogP contribution in [0.15, 0.2) is 18.3 Å². The fourth-order valence-corrected chi connectivity index (χ4v) is 1.84. The van der Waals surface area contributed by atoms with Crippen molar-refractivity contribution in [3.63, 3.8) is 0 Å². The predicted octanol–water partition coefficient (Wildman–Crippen LogP) is 1.70. The van der Waals surface area contributed by atoms with E-state index in [0.717, 1.165) is 18.1 Å². The van der Waals surface area contributed by atoms with Crippen molar-refractivity contribution in [1.29, 1.82) is 0 Å². The predicted molar refractivity (Wildman–Crippen MR) is 57.0 cm³/mol. The largest absolute Gasteiger partial charge is 0.481 e. The van der Waals surface area contributed by atoms with Gasteiger partial charge in [0.25, 0.3) is 0 Å². The van der Waals surface area contributed by atoms with Gasteiger partial charge in [-0.3, -0.25) is 0 Å². The lowest BCUT2D eigenvalue weighted by Gasteiger charge is -2.24. The number of pyridine rings is 1. The third-order valence-corrected chi connectivity index (χ3v) is 2.53. The lowest BCUT2D eigenvalue weighted by Crippen LogP contribution is -2.39. The summed E-state index contributed by atoms with van der Waals surface area (Å²) in [5, 5.41) is 0. The fraction of sp³-hybridized carbons (Fsp3) is 0.583. The van der Waals surface area contributed by atoms with Crippen molar-refractivity contribution in [2.75, 3.05) is 6.61 Å². The third kappa shape index (κ3) is 2.22. The first-order valence-electron chi connectivity index (χ1n) is 5.45. The molecule has 3 heteroatoms. The monoisotopic (exact) mass is 208 g/mol. The van der Waals surface area contributed by atoms with Crippen LogP contribution < -0.4 is 14.0 Å². The molecule has 0 saturated heterocycles. The quantitative estimate of drug-likeness (QED) is 0.690. The summed E-state index contributed by atoms with van der Waals surface area (Å²) < 4.78 is 13.5. The van der Waals surface area contributed by atoms with Crippen LogP contribution in [-0.2, 0) is 7.05 Å². The van der Waals surface area contributed by atoms with Gasteiger partial charge in [0, 0.05) is 6.07 Å². The first-order chi connectivity index (χ1) is 7.16. The number of aryl methyl sites for hydroxylation is 1.